The van der Waals surface area contributed by atoms with Crippen LogP contribution in [0.5, 0.6) is 0 Å². The van der Waals surface area contributed by atoms with Crippen LogP contribution in [0.4, 0.5) is 0 Å². The predicted octanol–water partition coefficient (Wildman–Crippen LogP) is 0.985. The summed E-state index contributed by atoms with van der Waals surface area (Å²) in [6, 6.07) is 7.42. The Labute approximate surface area is 109 Å². The molecule has 0 spiro atoms. The predicted molar refractivity (Wildman–Crippen MR) is 69.1 cm³/mol. The molecule has 2 aromatic rings. The summed E-state index contributed by atoms with van der Waals surface area (Å²) in [5.41, 5.74) is 1.59. The molecule has 2 atom stereocenters. The Morgan fingerprint density at radius 2 is 2.00 bits per heavy atom. The lowest BCUT2D eigenvalue weighted by molar-refractivity contribution is -0.119. The van der Waals surface area contributed by atoms with Crippen molar-refractivity contribution in [1.29, 1.82) is 0 Å². The topological polar surface area (TPSA) is 99.3 Å². The molecule has 100 valence electrons. The van der Waals surface area contributed by atoms with Crippen molar-refractivity contribution in [1.82, 2.24) is 10.3 Å². The summed E-state index contributed by atoms with van der Waals surface area (Å²) < 4.78 is 31.9. The van der Waals surface area contributed by atoms with E-state index >= 15 is 0 Å². The number of benzene rings is 1. The van der Waals surface area contributed by atoms with Crippen molar-refractivity contribution in [2.24, 2.45) is 0 Å². The van der Waals surface area contributed by atoms with E-state index in [0.29, 0.717) is 0 Å². The first-order valence-electron chi connectivity index (χ1n) is 5.78. The maximum absolute atomic E-state index is 11.4. The number of aromatic amines is 1. The Hall–Kier alpha value is -1.86. The average molecular weight is 280 g/mol. The third-order valence-electron chi connectivity index (χ3n) is 3.42. The van der Waals surface area contributed by atoms with E-state index in [1.54, 1.807) is 6.20 Å². The number of hydrogen-bond donors (Lipinski definition) is 3. The molecule has 0 saturated carbocycles. The molecule has 1 saturated heterocycles. The number of carbonyl (C=O) groups is 1. The summed E-state index contributed by atoms with van der Waals surface area (Å²) >= 11 is 0. The van der Waals surface area contributed by atoms with Crippen molar-refractivity contribution < 1.29 is 17.8 Å². The molecule has 1 fully saturated rings. The number of H-pyrrole nitrogens is 1. The second-order valence-corrected chi connectivity index (χ2v) is 6.14. The van der Waals surface area contributed by atoms with E-state index in [4.69, 9.17) is 0 Å². The van der Waals surface area contributed by atoms with Gasteiger partial charge in [-0.2, -0.15) is 8.42 Å². The van der Waals surface area contributed by atoms with Gasteiger partial charge in [0.05, 0.1) is 0 Å². The van der Waals surface area contributed by atoms with E-state index in [1.165, 1.54) is 0 Å². The Kier molecular flexibility index (Phi) is 2.61. The van der Waals surface area contributed by atoms with Gasteiger partial charge in [0.25, 0.3) is 10.1 Å². The summed E-state index contributed by atoms with van der Waals surface area (Å²) in [5, 5.41) is 1.89. The molecule has 0 bridgehead atoms. The Balaban J connectivity index is 2.12. The van der Waals surface area contributed by atoms with Crippen LogP contribution in [-0.4, -0.2) is 29.2 Å². The van der Waals surface area contributed by atoms with Gasteiger partial charge in [0.2, 0.25) is 5.91 Å². The summed E-state index contributed by atoms with van der Waals surface area (Å²) in [6.07, 6.45) is 1.74. The van der Waals surface area contributed by atoms with E-state index in [1.807, 2.05) is 24.3 Å². The van der Waals surface area contributed by atoms with Gasteiger partial charge in [-0.25, -0.2) is 0 Å². The van der Waals surface area contributed by atoms with E-state index in [0.717, 1.165) is 16.5 Å². The SMILES string of the molecule is O=C1CC(c2c[nH]c3ccccc23)C(S(=O)(=O)O)N1. The number of aromatic nitrogens is 1. The number of fused-ring (bicyclic) bond motifs is 1. The minimum Gasteiger partial charge on any atom is -0.361 e. The largest absolute Gasteiger partial charge is 0.361 e. The molecule has 7 heteroatoms. The smallest absolute Gasteiger partial charge is 0.286 e. The summed E-state index contributed by atoms with van der Waals surface area (Å²) in [6.45, 7) is 0. The highest BCUT2D eigenvalue weighted by atomic mass is 32.2. The van der Waals surface area contributed by atoms with Crippen molar-refractivity contribution in [2.45, 2.75) is 17.7 Å². The van der Waals surface area contributed by atoms with Gasteiger partial charge in [0, 0.05) is 29.4 Å². The molecule has 6 nitrogen and oxygen atoms in total. The van der Waals surface area contributed by atoms with Crippen LogP contribution < -0.4 is 5.32 Å². The molecule has 3 rings (SSSR count). The van der Waals surface area contributed by atoms with Gasteiger partial charge in [-0.15, -0.1) is 0 Å². The highest BCUT2D eigenvalue weighted by molar-refractivity contribution is 7.86. The summed E-state index contributed by atoms with van der Waals surface area (Å²) in [4.78, 5) is 14.5. The van der Waals surface area contributed by atoms with Crippen molar-refractivity contribution >= 4 is 26.9 Å². The fourth-order valence-corrected chi connectivity index (χ4v) is 3.52. The second-order valence-electron chi connectivity index (χ2n) is 4.60. The zero-order chi connectivity index (χ0) is 13.6. The molecule has 19 heavy (non-hydrogen) atoms. The standard InChI is InChI=1S/C12H12N2O4S/c15-11-5-8(12(14-11)19(16,17)18)9-6-13-10-4-2-1-3-7(9)10/h1-4,6,8,12-13H,5H2,(H,14,15)(H,16,17,18). The van der Waals surface area contributed by atoms with Crippen LogP contribution >= 0.6 is 0 Å². The van der Waals surface area contributed by atoms with Crippen molar-refractivity contribution in [3.8, 4) is 0 Å². The molecule has 1 aliphatic heterocycles. The molecule has 0 aliphatic carbocycles. The Morgan fingerprint density at radius 3 is 2.74 bits per heavy atom. The lowest BCUT2D eigenvalue weighted by atomic mass is 9.97. The van der Waals surface area contributed by atoms with E-state index in [2.05, 4.69) is 10.3 Å². The van der Waals surface area contributed by atoms with Gasteiger partial charge >= 0.3 is 0 Å². The first kappa shape index (κ1) is 12.2. The zero-order valence-corrected chi connectivity index (χ0v) is 10.6. The van der Waals surface area contributed by atoms with Crippen LogP contribution in [0, 0.1) is 0 Å². The molecule has 1 aliphatic rings. The maximum atomic E-state index is 11.4. The molecule has 3 N–H and O–H groups in total. The van der Waals surface area contributed by atoms with Crippen molar-refractivity contribution in [3.63, 3.8) is 0 Å². The molecule has 2 heterocycles. The lowest BCUT2D eigenvalue weighted by Crippen LogP contribution is -2.35. The molecule has 0 radical (unpaired) electrons. The van der Waals surface area contributed by atoms with Crippen LogP contribution in [0.15, 0.2) is 30.5 Å². The minimum absolute atomic E-state index is 0.0479. The molecule has 1 amide bonds. The molecular formula is C12H12N2O4S. The van der Waals surface area contributed by atoms with E-state index in [-0.39, 0.29) is 12.3 Å². The number of nitrogens with one attached hydrogen (secondary N) is 2. The van der Waals surface area contributed by atoms with Gasteiger partial charge < -0.3 is 10.3 Å². The molecular weight excluding hydrogens is 268 g/mol. The number of hydrogen-bond acceptors (Lipinski definition) is 3. The van der Waals surface area contributed by atoms with Crippen LogP contribution in [-0.2, 0) is 14.9 Å². The third kappa shape index (κ3) is 2.00. The van der Waals surface area contributed by atoms with Crippen LogP contribution in [0.1, 0.15) is 17.9 Å². The second kappa shape index (κ2) is 4.07. The van der Waals surface area contributed by atoms with Gasteiger partial charge in [-0.3, -0.25) is 9.35 Å². The molecule has 1 aromatic heterocycles. The Bertz CT molecular complexity index is 750. The van der Waals surface area contributed by atoms with Gasteiger partial charge in [0.15, 0.2) is 5.37 Å². The fourth-order valence-electron chi connectivity index (χ4n) is 2.58. The lowest BCUT2D eigenvalue weighted by Gasteiger charge is -2.15. The highest BCUT2D eigenvalue weighted by Gasteiger charge is 2.42. The number of amides is 1. The van der Waals surface area contributed by atoms with E-state index in [9.17, 15) is 17.8 Å². The Morgan fingerprint density at radius 1 is 1.26 bits per heavy atom. The van der Waals surface area contributed by atoms with Gasteiger partial charge in [0.1, 0.15) is 0 Å². The summed E-state index contributed by atoms with van der Waals surface area (Å²) in [7, 11) is -4.33. The first-order valence-corrected chi connectivity index (χ1v) is 7.29. The molecule has 1 aromatic carbocycles. The molecule has 2 unspecified atom stereocenters. The van der Waals surface area contributed by atoms with E-state index < -0.39 is 21.4 Å². The number of carbonyl (C=O) groups excluding carboxylic acids is 1. The van der Waals surface area contributed by atoms with Crippen molar-refractivity contribution in [3.05, 3.63) is 36.0 Å². The maximum Gasteiger partial charge on any atom is 0.286 e. The first-order chi connectivity index (χ1) is 8.97. The quantitative estimate of drug-likeness (QED) is 0.714. The zero-order valence-electron chi connectivity index (χ0n) is 9.83. The summed E-state index contributed by atoms with van der Waals surface area (Å²) in [5.74, 6) is -0.962. The van der Waals surface area contributed by atoms with Gasteiger partial charge in [-0.1, -0.05) is 18.2 Å². The minimum atomic E-state index is -4.33. The fraction of sp³-hybridized carbons (Fsp3) is 0.250. The van der Waals surface area contributed by atoms with Crippen LogP contribution in [0.3, 0.4) is 0 Å². The average Bonchev–Trinajstić information content (AvgIpc) is 2.91. The van der Waals surface area contributed by atoms with Crippen LogP contribution in [0.25, 0.3) is 10.9 Å². The third-order valence-corrected chi connectivity index (χ3v) is 4.50. The monoisotopic (exact) mass is 280 g/mol. The number of para-hydroxylation sites is 1. The number of rotatable bonds is 2. The normalized spacial score (nSPS) is 23.7. The highest BCUT2D eigenvalue weighted by Crippen LogP contribution is 2.35. The van der Waals surface area contributed by atoms with Crippen LogP contribution in [0.2, 0.25) is 0 Å². The van der Waals surface area contributed by atoms with Crippen molar-refractivity contribution in [2.75, 3.05) is 0 Å². The van der Waals surface area contributed by atoms with Gasteiger partial charge in [-0.05, 0) is 11.6 Å².